The fourth-order valence-corrected chi connectivity index (χ4v) is 1.99. The minimum absolute atomic E-state index is 0.355. The molecule has 3 rings (SSSR count). The normalized spacial score (nSPS) is 11.9. The van der Waals surface area contributed by atoms with Crippen LogP contribution < -0.4 is 0 Å². The number of hydrogen-bond acceptors (Lipinski definition) is 4. The molecule has 1 N–H and O–H groups in total. The fraction of sp³-hybridized carbons (Fsp3) is 0.0714. The van der Waals surface area contributed by atoms with Crippen LogP contribution in [0.25, 0.3) is 11.0 Å². The number of aryl methyl sites for hydroxylation is 1. The van der Waals surface area contributed by atoms with Crippen LogP contribution in [-0.2, 0) is 0 Å². The first-order valence-corrected chi connectivity index (χ1v) is 5.89. The Balaban J connectivity index is 2.20. The summed E-state index contributed by atoms with van der Waals surface area (Å²) >= 11 is 0. The van der Waals surface area contributed by atoms with Gasteiger partial charge in [0.2, 0.25) is 5.84 Å². The molecule has 94 valence electrons. The van der Waals surface area contributed by atoms with Crippen molar-refractivity contribution in [3.63, 3.8) is 0 Å². The lowest BCUT2D eigenvalue weighted by atomic mass is 10.2. The molecular formula is C14H12N4O. The molecule has 5 nitrogen and oxygen atoms in total. The molecule has 0 fully saturated rings. The maximum atomic E-state index is 9.28. The summed E-state index contributed by atoms with van der Waals surface area (Å²) in [6, 6.07) is 15.2. The van der Waals surface area contributed by atoms with E-state index >= 15 is 0 Å². The van der Waals surface area contributed by atoms with Crippen LogP contribution in [0.1, 0.15) is 11.1 Å². The van der Waals surface area contributed by atoms with Crippen molar-refractivity contribution >= 4 is 16.9 Å². The molecule has 0 spiro atoms. The predicted molar refractivity (Wildman–Crippen MR) is 72.4 cm³/mol. The molecule has 0 saturated heterocycles. The van der Waals surface area contributed by atoms with E-state index in [1.165, 1.54) is 4.68 Å². The van der Waals surface area contributed by atoms with Crippen molar-refractivity contribution in [2.24, 2.45) is 5.16 Å². The van der Waals surface area contributed by atoms with Gasteiger partial charge in [-0.3, -0.25) is 0 Å². The summed E-state index contributed by atoms with van der Waals surface area (Å²) < 4.78 is 1.54. The highest BCUT2D eigenvalue weighted by atomic mass is 16.4. The molecule has 0 radical (unpaired) electrons. The monoisotopic (exact) mass is 252 g/mol. The van der Waals surface area contributed by atoms with E-state index in [1.807, 2.05) is 55.5 Å². The largest absolute Gasteiger partial charge is 0.409 e. The molecule has 0 atom stereocenters. The molecule has 0 unspecified atom stereocenters. The molecule has 2 aromatic carbocycles. The summed E-state index contributed by atoms with van der Waals surface area (Å²) in [5, 5.41) is 20.8. The zero-order chi connectivity index (χ0) is 13.2. The number of oxime groups is 1. The second kappa shape index (κ2) is 4.53. The molecule has 0 aliphatic carbocycles. The second-order valence-corrected chi connectivity index (χ2v) is 4.28. The number of fused-ring (bicyclic) bond motifs is 1. The van der Waals surface area contributed by atoms with E-state index in [0.717, 1.165) is 22.2 Å². The van der Waals surface area contributed by atoms with Gasteiger partial charge in [0.1, 0.15) is 5.52 Å². The highest BCUT2D eigenvalue weighted by Crippen LogP contribution is 2.15. The van der Waals surface area contributed by atoms with E-state index in [2.05, 4.69) is 15.5 Å². The Morgan fingerprint density at radius 2 is 1.95 bits per heavy atom. The summed E-state index contributed by atoms with van der Waals surface area (Å²) in [7, 11) is 0. The van der Waals surface area contributed by atoms with E-state index in [0.29, 0.717) is 5.84 Å². The Labute approximate surface area is 109 Å². The van der Waals surface area contributed by atoms with Crippen molar-refractivity contribution in [1.29, 1.82) is 0 Å². The lowest BCUT2D eigenvalue weighted by Crippen LogP contribution is -2.15. The van der Waals surface area contributed by atoms with Crippen LogP contribution in [0, 0.1) is 6.92 Å². The van der Waals surface area contributed by atoms with E-state index in [9.17, 15) is 5.21 Å². The number of hydrogen-bond donors (Lipinski definition) is 1. The topological polar surface area (TPSA) is 63.3 Å². The van der Waals surface area contributed by atoms with E-state index < -0.39 is 0 Å². The van der Waals surface area contributed by atoms with Gasteiger partial charge >= 0.3 is 0 Å². The number of rotatable bonds is 1. The van der Waals surface area contributed by atoms with Crippen molar-refractivity contribution < 1.29 is 5.21 Å². The highest BCUT2D eigenvalue weighted by molar-refractivity contribution is 6.03. The summed E-state index contributed by atoms with van der Waals surface area (Å²) in [6.07, 6.45) is 0. The van der Waals surface area contributed by atoms with Crippen molar-refractivity contribution in [2.75, 3.05) is 0 Å². The fourth-order valence-electron chi connectivity index (χ4n) is 1.99. The van der Waals surface area contributed by atoms with Crippen LogP contribution in [0.2, 0.25) is 0 Å². The minimum atomic E-state index is 0.355. The third-order valence-corrected chi connectivity index (χ3v) is 2.93. The van der Waals surface area contributed by atoms with Gasteiger partial charge in [-0.25, -0.2) is 0 Å². The Kier molecular flexibility index (Phi) is 2.72. The molecule has 1 aromatic heterocycles. The zero-order valence-corrected chi connectivity index (χ0v) is 10.4. The average molecular weight is 252 g/mol. The predicted octanol–water partition coefficient (Wildman–Crippen LogP) is 2.42. The first kappa shape index (κ1) is 11.4. The summed E-state index contributed by atoms with van der Waals surface area (Å²) in [6.45, 7) is 2.00. The first-order chi connectivity index (χ1) is 9.29. The molecule has 0 amide bonds. The summed E-state index contributed by atoms with van der Waals surface area (Å²) in [5.41, 5.74) is 3.46. The van der Waals surface area contributed by atoms with Crippen LogP contribution in [0.15, 0.2) is 53.7 Å². The van der Waals surface area contributed by atoms with E-state index in [4.69, 9.17) is 0 Å². The van der Waals surface area contributed by atoms with Crippen LogP contribution in [0.5, 0.6) is 0 Å². The van der Waals surface area contributed by atoms with Gasteiger partial charge in [-0.05, 0) is 24.6 Å². The van der Waals surface area contributed by atoms with Gasteiger partial charge in [0.05, 0.1) is 5.52 Å². The van der Waals surface area contributed by atoms with Crippen LogP contribution >= 0.6 is 0 Å². The Hall–Kier alpha value is -2.69. The van der Waals surface area contributed by atoms with Gasteiger partial charge < -0.3 is 5.21 Å². The Bertz CT molecular complexity index is 746. The van der Waals surface area contributed by atoms with Crippen molar-refractivity contribution in [2.45, 2.75) is 6.92 Å². The molecule has 1 heterocycles. The van der Waals surface area contributed by atoms with Gasteiger partial charge in [0.15, 0.2) is 0 Å². The number of aromatic nitrogens is 3. The third-order valence-electron chi connectivity index (χ3n) is 2.93. The zero-order valence-electron chi connectivity index (χ0n) is 10.4. The van der Waals surface area contributed by atoms with E-state index in [-0.39, 0.29) is 0 Å². The maximum Gasteiger partial charge on any atom is 0.201 e. The van der Waals surface area contributed by atoms with Crippen molar-refractivity contribution in [1.82, 2.24) is 15.0 Å². The summed E-state index contributed by atoms with van der Waals surface area (Å²) in [5.74, 6) is 0.355. The first-order valence-electron chi connectivity index (χ1n) is 5.89. The lowest BCUT2D eigenvalue weighted by molar-refractivity contribution is 0.316. The molecule has 0 bridgehead atoms. The maximum absolute atomic E-state index is 9.28. The van der Waals surface area contributed by atoms with Gasteiger partial charge in [-0.1, -0.05) is 46.8 Å². The van der Waals surface area contributed by atoms with Crippen LogP contribution in [-0.4, -0.2) is 26.0 Å². The highest BCUT2D eigenvalue weighted by Gasteiger charge is 2.12. The quantitative estimate of drug-likeness (QED) is 0.313. The van der Waals surface area contributed by atoms with Crippen LogP contribution in [0.3, 0.4) is 0 Å². The Morgan fingerprint density at radius 1 is 1.16 bits per heavy atom. The molecule has 19 heavy (non-hydrogen) atoms. The van der Waals surface area contributed by atoms with Crippen molar-refractivity contribution in [3.05, 3.63) is 59.7 Å². The average Bonchev–Trinajstić information content (AvgIpc) is 2.84. The standard InChI is InChI=1S/C14H12N4O/c1-10-7-8-12-13(9-10)18(17-15-12)14(16-19)11-5-3-2-4-6-11/h2-9,19H,1H3/b16-14-. The second-order valence-electron chi connectivity index (χ2n) is 4.28. The van der Waals surface area contributed by atoms with Crippen molar-refractivity contribution in [3.8, 4) is 0 Å². The molecule has 3 aromatic rings. The van der Waals surface area contributed by atoms with Gasteiger partial charge in [-0.15, -0.1) is 5.10 Å². The van der Waals surface area contributed by atoms with Crippen LogP contribution in [0.4, 0.5) is 0 Å². The molecule has 5 heteroatoms. The van der Waals surface area contributed by atoms with Gasteiger partial charge in [0.25, 0.3) is 0 Å². The molecular weight excluding hydrogens is 240 g/mol. The minimum Gasteiger partial charge on any atom is -0.409 e. The smallest absolute Gasteiger partial charge is 0.201 e. The van der Waals surface area contributed by atoms with E-state index in [1.54, 1.807) is 0 Å². The SMILES string of the molecule is Cc1ccc2nnn(/C(=N\O)c3ccccc3)c2c1. The number of benzene rings is 2. The molecule has 0 saturated carbocycles. The molecule has 0 aliphatic heterocycles. The Morgan fingerprint density at radius 3 is 2.68 bits per heavy atom. The van der Waals surface area contributed by atoms with Gasteiger partial charge in [0, 0.05) is 5.56 Å². The molecule has 0 aliphatic rings. The lowest BCUT2D eigenvalue weighted by Gasteiger charge is -2.05. The third kappa shape index (κ3) is 1.95. The summed E-state index contributed by atoms with van der Waals surface area (Å²) in [4.78, 5) is 0. The number of nitrogens with zero attached hydrogens (tertiary/aromatic N) is 4. The van der Waals surface area contributed by atoms with Gasteiger partial charge in [-0.2, -0.15) is 4.68 Å².